The summed E-state index contributed by atoms with van der Waals surface area (Å²) in [5, 5.41) is 16.6. The van der Waals surface area contributed by atoms with Gasteiger partial charge in [-0.2, -0.15) is 5.10 Å². The number of hydrogen-bond donors (Lipinski definition) is 1. The third kappa shape index (κ3) is 3.78. The van der Waals surface area contributed by atoms with Gasteiger partial charge < -0.3 is 9.73 Å². The molecule has 0 saturated carbocycles. The minimum Gasteiger partial charge on any atom is -0.421 e. The van der Waals surface area contributed by atoms with Crippen molar-refractivity contribution in [3.8, 4) is 11.5 Å². The summed E-state index contributed by atoms with van der Waals surface area (Å²) in [7, 11) is 0. The molecule has 10 heteroatoms. The molecule has 0 radical (unpaired) electrons. The monoisotopic (exact) mass is 478 g/mol. The third-order valence-electron chi connectivity index (χ3n) is 5.98. The summed E-state index contributed by atoms with van der Waals surface area (Å²) in [5.41, 5.74) is 6.06. The molecule has 1 N–H and O–H groups in total. The van der Waals surface area contributed by atoms with Crippen molar-refractivity contribution >= 4 is 28.1 Å². The quantitative estimate of drug-likeness (QED) is 0.391. The van der Waals surface area contributed by atoms with Crippen LogP contribution in [0.1, 0.15) is 33.5 Å². The van der Waals surface area contributed by atoms with Gasteiger partial charge in [-0.05, 0) is 50.2 Å². The third-order valence-corrected chi connectivity index (χ3v) is 5.98. The summed E-state index contributed by atoms with van der Waals surface area (Å²) in [6.07, 6.45) is 3.32. The van der Waals surface area contributed by atoms with E-state index in [0.717, 1.165) is 33.5 Å². The Bertz CT molecular complexity index is 1760. The predicted octanol–water partition coefficient (Wildman–Crippen LogP) is 4.35. The summed E-state index contributed by atoms with van der Waals surface area (Å²) >= 11 is 0. The van der Waals surface area contributed by atoms with Gasteiger partial charge in [-0.15, -0.1) is 10.2 Å². The highest BCUT2D eigenvalue weighted by Gasteiger charge is 2.18. The molecular weight excluding hydrogens is 456 g/mol. The van der Waals surface area contributed by atoms with Crippen LogP contribution >= 0.6 is 0 Å². The molecule has 0 aliphatic carbocycles. The van der Waals surface area contributed by atoms with Crippen LogP contribution in [-0.4, -0.2) is 40.3 Å². The van der Waals surface area contributed by atoms with Crippen molar-refractivity contribution in [3.05, 3.63) is 89.6 Å². The molecule has 0 unspecified atom stereocenters. The number of benzene rings is 1. The van der Waals surface area contributed by atoms with Gasteiger partial charge in [-0.3, -0.25) is 18.9 Å². The Morgan fingerprint density at radius 1 is 1.06 bits per heavy atom. The Morgan fingerprint density at radius 3 is 2.72 bits per heavy atom. The lowest BCUT2D eigenvalue weighted by Gasteiger charge is -2.08. The van der Waals surface area contributed by atoms with Crippen molar-refractivity contribution in [1.82, 2.24) is 34.3 Å². The van der Waals surface area contributed by atoms with Crippen molar-refractivity contribution in [2.45, 2.75) is 27.3 Å². The number of imidazole rings is 1. The number of carbonyl (C=O) groups is 1. The van der Waals surface area contributed by atoms with Crippen LogP contribution in [0.15, 0.2) is 65.3 Å². The second-order valence-corrected chi connectivity index (χ2v) is 8.58. The van der Waals surface area contributed by atoms with E-state index in [1.807, 2.05) is 61.0 Å². The number of carbonyl (C=O) groups excluding carboxylic acids is 1. The van der Waals surface area contributed by atoms with Crippen molar-refractivity contribution < 1.29 is 9.21 Å². The lowest BCUT2D eigenvalue weighted by Crippen LogP contribution is -2.14. The standard InChI is InChI=1S/C26H22N8O2/c1-15-6-4-7-19(28-15)14-34-21-9-5-8-20(24(21)16(2)32-34)29-25(35)22-13-27-23-12-18(10-11-33(22)23)26-31-30-17(3)36-26/h4-13H,14H2,1-3H3,(H,29,35). The number of pyridine rings is 2. The van der Waals surface area contributed by atoms with Crippen LogP contribution in [0.4, 0.5) is 5.69 Å². The zero-order valence-electron chi connectivity index (χ0n) is 19.9. The van der Waals surface area contributed by atoms with Gasteiger partial charge in [0, 0.05) is 29.8 Å². The second kappa shape index (κ2) is 8.42. The number of hydrogen-bond acceptors (Lipinski definition) is 7. The first-order valence-electron chi connectivity index (χ1n) is 11.4. The molecule has 5 heterocycles. The van der Waals surface area contributed by atoms with Crippen molar-refractivity contribution in [1.29, 1.82) is 0 Å². The summed E-state index contributed by atoms with van der Waals surface area (Å²) in [6, 6.07) is 15.3. The molecule has 178 valence electrons. The van der Waals surface area contributed by atoms with Gasteiger partial charge in [0.2, 0.25) is 11.8 Å². The summed E-state index contributed by atoms with van der Waals surface area (Å²) < 4.78 is 9.14. The van der Waals surface area contributed by atoms with Crippen molar-refractivity contribution in [2.24, 2.45) is 0 Å². The smallest absolute Gasteiger partial charge is 0.274 e. The average molecular weight is 479 g/mol. The maximum atomic E-state index is 13.3. The number of nitrogens with one attached hydrogen (secondary N) is 1. The number of aromatic nitrogens is 7. The fraction of sp³-hybridized carbons (Fsp3) is 0.154. The topological polar surface area (TPSA) is 116 Å². The fourth-order valence-corrected chi connectivity index (χ4v) is 4.37. The molecule has 0 aliphatic rings. The molecule has 0 spiro atoms. The molecule has 10 nitrogen and oxygen atoms in total. The number of fused-ring (bicyclic) bond motifs is 2. The Balaban J connectivity index is 1.31. The molecule has 0 fully saturated rings. The maximum Gasteiger partial charge on any atom is 0.274 e. The van der Waals surface area contributed by atoms with Crippen molar-refractivity contribution in [3.63, 3.8) is 0 Å². The number of rotatable bonds is 5. The number of aryl methyl sites for hydroxylation is 3. The van der Waals surface area contributed by atoms with E-state index in [4.69, 9.17) is 9.52 Å². The van der Waals surface area contributed by atoms with Gasteiger partial charge in [0.15, 0.2) is 0 Å². The zero-order chi connectivity index (χ0) is 24.8. The van der Waals surface area contributed by atoms with Crippen LogP contribution in [0.2, 0.25) is 0 Å². The number of nitrogens with zero attached hydrogens (tertiary/aromatic N) is 7. The zero-order valence-corrected chi connectivity index (χ0v) is 19.9. The molecule has 1 aromatic carbocycles. The molecular formula is C26H22N8O2. The highest BCUT2D eigenvalue weighted by molar-refractivity contribution is 6.08. The van der Waals surface area contributed by atoms with Crippen molar-refractivity contribution in [2.75, 3.05) is 5.32 Å². The van der Waals surface area contributed by atoms with E-state index >= 15 is 0 Å². The van der Waals surface area contributed by atoms with Gasteiger partial charge >= 0.3 is 0 Å². The fourth-order valence-electron chi connectivity index (χ4n) is 4.37. The normalized spacial score (nSPS) is 11.4. The molecule has 0 saturated heterocycles. The van der Waals surface area contributed by atoms with E-state index in [0.29, 0.717) is 35.4 Å². The Morgan fingerprint density at radius 2 is 1.92 bits per heavy atom. The number of amides is 1. The molecule has 6 aromatic rings. The first-order valence-corrected chi connectivity index (χ1v) is 11.4. The maximum absolute atomic E-state index is 13.3. The lowest BCUT2D eigenvalue weighted by molar-refractivity contribution is 0.102. The minimum atomic E-state index is -0.274. The van der Waals surface area contributed by atoms with E-state index in [-0.39, 0.29) is 5.91 Å². The summed E-state index contributed by atoms with van der Waals surface area (Å²) in [5.74, 6) is 0.615. The minimum absolute atomic E-state index is 0.274. The predicted molar refractivity (Wildman–Crippen MR) is 134 cm³/mol. The van der Waals surface area contributed by atoms with Gasteiger partial charge in [0.05, 0.1) is 35.3 Å². The highest BCUT2D eigenvalue weighted by Crippen LogP contribution is 2.28. The lowest BCUT2D eigenvalue weighted by atomic mass is 10.1. The van der Waals surface area contributed by atoms with Crippen LogP contribution in [-0.2, 0) is 6.54 Å². The number of anilines is 1. The van der Waals surface area contributed by atoms with Crippen LogP contribution in [0.5, 0.6) is 0 Å². The van der Waals surface area contributed by atoms with Crippen LogP contribution < -0.4 is 5.32 Å². The molecule has 6 rings (SSSR count). The SMILES string of the molecule is Cc1cccc(Cn2nc(C)c3c(NC(=O)c4cnc5cc(-c6nnc(C)o6)ccn45)cccc32)n1. The highest BCUT2D eigenvalue weighted by atomic mass is 16.4. The first-order chi connectivity index (χ1) is 17.5. The first kappa shape index (κ1) is 21.7. The van der Waals surface area contributed by atoms with E-state index in [1.54, 1.807) is 29.8 Å². The van der Waals surface area contributed by atoms with Crippen LogP contribution in [0, 0.1) is 20.8 Å². The Kier molecular flexibility index (Phi) is 5.06. The molecule has 5 aromatic heterocycles. The van der Waals surface area contributed by atoms with E-state index < -0.39 is 0 Å². The van der Waals surface area contributed by atoms with Crippen LogP contribution in [0.25, 0.3) is 28.0 Å². The van der Waals surface area contributed by atoms with Crippen LogP contribution in [0.3, 0.4) is 0 Å². The molecule has 0 aliphatic heterocycles. The van der Waals surface area contributed by atoms with Gasteiger partial charge in [0.25, 0.3) is 5.91 Å². The Labute approximate surface area is 205 Å². The Hall–Kier alpha value is -4.86. The van der Waals surface area contributed by atoms with E-state index in [1.165, 1.54) is 0 Å². The second-order valence-electron chi connectivity index (χ2n) is 8.58. The van der Waals surface area contributed by atoms with E-state index in [2.05, 4.69) is 25.5 Å². The van der Waals surface area contributed by atoms with Gasteiger partial charge in [0.1, 0.15) is 11.3 Å². The largest absolute Gasteiger partial charge is 0.421 e. The van der Waals surface area contributed by atoms with Gasteiger partial charge in [-0.25, -0.2) is 4.98 Å². The molecule has 0 bridgehead atoms. The summed E-state index contributed by atoms with van der Waals surface area (Å²) in [6.45, 7) is 6.18. The van der Waals surface area contributed by atoms with Gasteiger partial charge in [-0.1, -0.05) is 12.1 Å². The average Bonchev–Trinajstić information content (AvgIpc) is 3.56. The van der Waals surface area contributed by atoms with E-state index in [9.17, 15) is 4.79 Å². The summed E-state index contributed by atoms with van der Waals surface area (Å²) in [4.78, 5) is 22.3. The molecule has 1 amide bonds. The molecule has 0 atom stereocenters. The molecule has 36 heavy (non-hydrogen) atoms.